The minimum atomic E-state index is -1.08. The maximum atomic E-state index is 12.2. The molecule has 0 spiro atoms. The SMILES string of the molecule is CC(C)CN(CC(=O)O)C(=O)c1ccc(Br)cc1O. The van der Waals surface area contributed by atoms with Crippen LogP contribution in [0, 0.1) is 5.92 Å². The predicted molar refractivity (Wildman–Crippen MR) is 74.2 cm³/mol. The summed E-state index contributed by atoms with van der Waals surface area (Å²) in [7, 11) is 0. The quantitative estimate of drug-likeness (QED) is 0.869. The lowest BCUT2D eigenvalue weighted by atomic mass is 10.1. The van der Waals surface area contributed by atoms with Crippen molar-refractivity contribution in [2.75, 3.05) is 13.1 Å². The number of phenolic OH excluding ortho intramolecular Hbond substituents is 1. The number of benzene rings is 1. The van der Waals surface area contributed by atoms with E-state index in [1.165, 1.54) is 17.0 Å². The van der Waals surface area contributed by atoms with Crippen molar-refractivity contribution in [1.29, 1.82) is 0 Å². The van der Waals surface area contributed by atoms with E-state index in [0.717, 1.165) is 0 Å². The molecule has 104 valence electrons. The molecule has 0 heterocycles. The van der Waals surface area contributed by atoms with Gasteiger partial charge in [-0.25, -0.2) is 0 Å². The maximum Gasteiger partial charge on any atom is 0.323 e. The monoisotopic (exact) mass is 329 g/mol. The highest BCUT2D eigenvalue weighted by atomic mass is 79.9. The van der Waals surface area contributed by atoms with Crippen LogP contribution in [0.25, 0.3) is 0 Å². The molecule has 5 nitrogen and oxygen atoms in total. The molecule has 1 aromatic carbocycles. The Morgan fingerprint density at radius 2 is 2.00 bits per heavy atom. The lowest BCUT2D eigenvalue weighted by Crippen LogP contribution is -2.38. The van der Waals surface area contributed by atoms with Gasteiger partial charge in [0, 0.05) is 11.0 Å². The van der Waals surface area contributed by atoms with E-state index in [4.69, 9.17) is 5.11 Å². The van der Waals surface area contributed by atoms with Crippen molar-refractivity contribution in [3.05, 3.63) is 28.2 Å². The van der Waals surface area contributed by atoms with E-state index in [0.29, 0.717) is 11.0 Å². The number of carboxylic acid groups (broad SMARTS) is 1. The molecule has 0 aliphatic heterocycles. The zero-order chi connectivity index (χ0) is 14.6. The van der Waals surface area contributed by atoms with E-state index < -0.39 is 11.9 Å². The summed E-state index contributed by atoms with van der Waals surface area (Å²) in [5.74, 6) is -1.59. The lowest BCUT2D eigenvalue weighted by Gasteiger charge is -2.23. The second-order valence-electron chi connectivity index (χ2n) is 4.63. The van der Waals surface area contributed by atoms with Gasteiger partial charge in [-0.1, -0.05) is 29.8 Å². The molecule has 0 saturated carbocycles. The van der Waals surface area contributed by atoms with E-state index in [9.17, 15) is 14.7 Å². The van der Waals surface area contributed by atoms with Gasteiger partial charge in [0.25, 0.3) is 5.91 Å². The summed E-state index contributed by atoms with van der Waals surface area (Å²) in [6.07, 6.45) is 0. The van der Waals surface area contributed by atoms with Crippen molar-refractivity contribution in [1.82, 2.24) is 4.90 Å². The van der Waals surface area contributed by atoms with Crippen molar-refractivity contribution in [2.24, 2.45) is 5.92 Å². The number of carboxylic acids is 1. The maximum absolute atomic E-state index is 12.2. The Morgan fingerprint density at radius 3 is 2.47 bits per heavy atom. The standard InChI is InChI=1S/C13H16BrNO4/c1-8(2)6-15(7-12(17)18)13(19)10-4-3-9(14)5-11(10)16/h3-5,8,16H,6-7H2,1-2H3,(H,17,18). The molecule has 19 heavy (non-hydrogen) atoms. The molecule has 0 bridgehead atoms. The minimum Gasteiger partial charge on any atom is -0.507 e. The van der Waals surface area contributed by atoms with Crippen LogP contribution >= 0.6 is 15.9 Å². The summed E-state index contributed by atoms with van der Waals surface area (Å²) in [6, 6.07) is 4.50. The first-order chi connectivity index (χ1) is 8.81. The second-order valence-corrected chi connectivity index (χ2v) is 5.55. The molecule has 0 unspecified atom stereocenters. The Kier molecular flexibility index (Phi) is 5.35. The highest BCUT2D eigenvalue weighted by molar-refractivity contribution is 9.10. The molecule has 0 atom stereocenters. The molecule has 0 aliphatic rings. The van der Waals surface area contributed by atoms with Crippen molar-refractivity contribution in [3.8, 4) is 5.75 Å². The fourth-order valence-corrected chi connectivity index (χ4v) is 2.03. The number of phenols is 1. The van der Waals surface area contributed by atoms with Crippen LogP contribution in [0.15, 0.2) is 22.7 Å². The first-order valence-corrected chi connectivity index (χ1v) is 6.60. The molecule has 0 aliphatic carbocycles. The van der Waals surface area contributed by atoms with Crippen LogP contribution in [-0.2, 0) is 4.79 Å². The number of nitrogens with zero attached hydrogens (tertiary/aromatic N) is 1. The zero-order valence-electron chi connectivity index (χ0n) is 10.8. The third-order valence-electron chi connectivity index (χ3n) is 2.39. The van der Waals surface area contributed by atoms with Gasteiger partial charge in [-0.05, 0) is 24.1 Å². The van der Waals surface area contributed by atoms with Crippen LogP contribution in [0.3, 0.4) is 0 Å². The predicted octanol–water partition coefficient (Wildman–Crippen LogP) is 2.34. The Labute approximate surface area is 120 Å². The van der Waals surface area contributed by atoms with Crippen LogP contribution < -0.4 is 0 Å². The second kappa shape index (κ2) is 6.56. The van der Waals surface area contributed by atoms with Crippen molar-refractivity contribution >= 4 is 27.8 Å². The molecule has 2 N–H and O–H groups in total. The molecular formula is C13H16BrNO4. The van der Waals surface area contributed by atoms with Gasteiger partial charge >= 0.3 is 5.97 Å². The summed E-state index contributed by atoms with van der Waals surface area (Å²) < 4.78 is 0.648. The highest BCUT2D eigenvalue weighted by Crippen LogP contribution is 2.23. The summed E-state index contributed by atoms with van der Waals surface area (Å²) in [5.41, 5.74) is 0.102. The lowest BCUT2D eigenvalue weighted by molar-refractivity contribution is -0.137. The Bertz CT molecular complexity index is 488. The van der Waals surface area contributed by atoms with Gasteiger partial charge < -0.3 is 15.1 Å². The van der Waals surface area contributed by atoms with Crippen LogP contribution in [0.2, 0.25) is 0 Å². The van der Waals surface area contributed by atoms with Gasteiger partial charge in [0.1, 0.15) is 12.3 Å². The number of halogens is 1. The fourth-order valence-electron chi connectivity index (χ4n) is 1.68. The van der Waals surface area contributed by atoms with Crippen molar-refractivity contribution in [3.63, 3.8) is 0 Å². The van der Waals surface area contributed by atoms with Crippen LogP contribution in [-0.4, -0.2) is 40.1 Å². The molecule has 6 heteroatoms. The third kappa shape index (κ3) is 4.55. The number of rotatable bonds is 5. The number of amides is 1. The summed E-state index contributed by atoms with van der Waals surface area (Å²) in [4.78, 5) is 24.3. The number of hydrogen-bond donors (Lipinski definition) is 2. The summed E-state index contributed by atoms with van der Waals surface area (Å²) in [6.45, 7) is 3.72. The topological polar surface area (TPSA) is 77.8 Å². The average molecular weight is 330 g/mol. The molecule has 0 saturated heterocycles. The van der Waals surface area contributed by atoms with Gasteiger partial charge in [-0.15, -0.1) is 0 Å². The van der Waals surface area contributed by atoms with Gasteiger partial charge in [0.2, 0.25) is 0 Å². The molecule has 0 fully saturated rings. The van der Waals surface area contributed by atoms with Gasteiger partial charge in [0.05, 0.1) is 5.56 Å². The Morgan fingerprint density at radius 1 is 1.37 bits per heavy atom. The largest absolute Gasteiger partial charge is 0.507 e. The van der Waals surface area contributed by atoms with E-state index in [-0.39, 0.29) is 23.8 Å². The Balaban J connectivity index is 3.00. The Hall–Kier alpha value is -1.56. The summed E-state index contributed by atoms with van der Waals surface area (Å²) in [5, 5.41) is 18.6. The fraction of sp³-hybridized carbons (Fsp3) is 0.385. The molecule has 1 rings (SSSR count). The van der Waals surface area contributed by atoms with E-state index in [2.05, 4.69) is 15.9 Å². The summed E-state index contributed by atoms with van der Waals surface area (Å²) >= 11 is 3.18. The van der Waals surface area contributed by atoms with Gasteiger partial charge in [-0.2, -0.15) is 0 Å². The van der Waals surface area contributed by atoms with Gasteiger partial charge in [0.15, 0.2) is 0 Å². The normalized spacial score (nSPS) is 10.5. The van der Waals surface area contributed by atoms with Crippen LogP contribution in [0.5, 0.6) is 5.75 Å². The average Bonchev–Trinajstić information content (AvgIpc) is 2.26. The van der Waals surface area contributed by atoms with E-state index in [1.54, 1.807) is 6.07 Å². The molecule has 1 aromatic rings. The molecule has 0 aromatic heterocycles. The minimum absolute atomic E-state index is 0.102. The van der Waals surface area contributed by atoms with Gasteiger partial charge in [-0.3, -0.25) is 9.59 Å². The van der Waals surface area contributed by atoms with E-state index in [1.807, 2.05) is 13.8 Å². The first kappa shape index (κ1) is 15.5. The number of carbonyl (C=O) groups excluding carboxylic acids is 1. The molecular weight excluding hydrogens is 314 g/mol. The van der Waals surface area contributed by atoms with Crippen molar-refractivity contribution in [2.45, 2.75) is 13.8 Å². The smallest absolute Gasteiger partial charge is 0.323 e. The number of carbonyl (C=O) groups is 2. The van der Waals surface area contributed by atoms with Crippen molar-refractivity contribution < 1.29 is 19.8 Å². The van der Waals surface area contributed by atoms with Crippen LogP contribution in [0.4, 0.5) is 0 Å². The van der Waals surface area contributed by atoms with Crippen LogP contribution in [0.1, 0.15) is 24.2 Å². The first-order valence-electron chi connectivity index (χ1n) is 5.81. The number of aromatic hydroxyl groups is 1. The highest BCUT2D eigenvalue weighted by Gasteiger charge is 2.21. The molecule has 1 amide bonds. The molecule has 0 radical (unpaired) electrons. The zero-order valence-corrected chi connectivity index (χ0v) is 12.3. The van der Waals surface area contributed by atoms with E-state index >= 15 is 0 Å². The number of hydrogen-bond acceptors (Lipinski definition) is 3. The third-order valence-corrected chi connectivity index (χ3v) is 2.88. The number of aliphatic carboxylic acids is 1.